The van der Waals surface area contributed by atoms with Crippen molar-refractivity contribution in [3.05, 3.63) is 67.5 Å². The van der Waals surface area contributed by atoms with E-state index in [-0.39, 0.29) is 11.1 Å². The van der Waals surface area contributed by atoms with Gasteiger partial charge in [0, 0.05) is 5.56 Å². The Morgan fingerprint density at radius 2 is 1.92 bits per heavy atom. The zero-order valence-electron chi connectivity index (χ0n) is 21.8. The quantitative estimate of drug-likeness (QED) is 0.261. The highest BCUT2D eigenvalue weighted by Gasteiger charge is 2.36. The second-order valence-electron chi connectivity index (χ2n) is 9.59. The van der Waals surface area contributed by atoms with Gasteiger partial charge in [-0.1, -0.05) is 25.1 Å². The molecule has 6 nitrogen and oxygen atoms in total. The molecule has 1 unspecified atom stereocenters. The number of allylic oxidation sites excluding steroid dienone is 1. The second-order valence-corrected chi connectivity index (χ2v) is 11.5. The molecule has 37 heavy (non-hydrogen) atoms. The van der Waals surface area contributed by atoms with Crippen LogP contribution in [0.3, 0.4) is 0 Å². The van der Waals surface area contributed by atoms with Crippen molar-refractivity contribution in [2.45, 2.75) is 59.5 Å². The number of hydrogen-bond donors (Lipinski definition) is 1. The number of carbonyl (C=O) groups excluding carboxylic acids is 2. The molecule has 8 heteroatoms. The fourth-order valence-electron chi connectivity index (χ4n) is 4.49. The van der Waals surface area contributed by atoms with E-state index in [1.165, 1.54) is 5.56 Å². The van der Waals surface area contributed by atoms with Crippen LogP contribution in [0.25, 0.3) is 6.08 Å². The van der Waals surface area contributed by atoms with Gasteiger partial charge in [0.05, 0.1) is 9.38 Å². The highest BCUT2D eigenvalue weighted by Crippen LogP contribution is 2.44. The molecule has 0 radical (unpaired) electrons. The Morgan fingerprint density at radius 1 is 1.14 bits per heavy atom. The number of ether oxygens (including phenoxy) is 3. The smallest absolute Gasteiger partial charge is 0.290 e. The molecular formula is C29H32BrNO5S. The third-order valence-corrected chi connectivity index (χ3v) is 8.15. The van der Waals surface area contributed by atoms with Crippen LogP contribution in [0.1, 0.15) is 54.5 Å². The number of benzene rings is 2. The van der Waals surface area contributed by atoms with Crippen LogP contribution >= 0.6 is 27.7 Å². The van der Waals surface area contributed by atoms with E-state index in [1.807, 2.05) is 18.2 Å². The van der Waals surface area contributed by atoms with Crippen LogP contribution in [0.15, 0.2) is 39.7 Å². The van der Waals surface area contributed by atoms with E-state index in [1.54, 1.807) is 6.08 Å². The van der Waals surface area contributed by atoms with E-state index in [9.17, 15) is 9.59 Å². The van der Waals surface area contributed by atoms with Gasteiger partial charge in [-0.2, -0.15) is 0 Å². The Bertz CT molecular complexity index is 1300. The molecule has 2 aromatic rings. The predicted molar refractivity (Wildman–Crippen MR) is 152 cm³/mol. The Labute approximate surface area is 231 Å². The molecule has 2 aromatic carbocycles. The Kier molecular flexibility index (Phi) is 8.39. The summed E-state index contributed by atoms with van der Waals surface area (Å²) in [5.41, 5.74) is 4.88. The van der Waals surface area contributed by atoms with Gasteiger partial charge in [0.25, 0.3) is 11.1 Å². The van der Waals surface area contributed by atoms with Crippen molar-refractivity contribution in [1.29, 1.82) is 0 Å². The molecule has 1 saturated heterocycles. The zero-order valence-corrected chi connectivity index (χ0v) is 24.2. The molecule has 4 rings (SSSR count). The van der Waals surface area contributed by atoms with Crippen LogP contribution in [0, 0.1) is 20.8 Å². The number of imide groups is 1. The fraction of sp³-hybridized carbons (Fsp3) is 0.379. The van der Waals surface area contributed by atoms with Crippen molar-refractivity contribution in [2.24, 2.45) is 0 Å². The van der Waals surface area contributed by atoms with E-state index < -0.39 is 5.60 Å². The molecule has 2 amide bonds. The second kappa shape index (κ2) is 11.4. The minimum atomic E-state index is -0.484. The SMILES string of the molecule is CC/C=C/COc1c(C)c(C)c2c(c1C)CCC(C)(COc1ccc(/C=C3/SC(=O)NC3=O)cc1Br)O2. The summed E-state index contributed by atoms with van der Waals surface area (Å²) in [5, 5.41) is 1.91. The monoisotopic (exact) mass is 585 g/mol. The number of amides is 2. The minimum Gasteiger partial charge on any atom is -0.489 e. The first-order chi connectivity index (χ1) is 17.6. The summed E-state index contributed by atoms with van der Waals surface area (Å²) in [6.07, 6.45) is 8.57. The van der Waals surface area contributed by atoms with Gasteiger partial charge >= 0.3 is 0 Å². The average molecular weight is 587 g/mol. The lowest BCUT2D eigenvalue weighted by molar-refractivity contribution is -0.115. The first-order valence-corrected chi connectivity index (χ1v) is 14.0. The number of rotatable bonds is 8. The predicted octanol–water partition coefficient (Wildman–Crippen LogP) is 7.21. The number of nitrogens with one attached hydrogen (secondary N) is 1. The zero-order chi connectivity index (χ0) is 26.7. The van der Waals surface area contributed by atoms with Crippen molar-refractivity contribution < 1.29 is 23.8 Å². The van der Waals surface area contributed by atoms with Crippen LogP contribution in [-0.4, -0.2) is 30.0 Å². The highest BCUT2D eigenvalue weighted by molar-refractivity contribution is 9.10. The van der Waals surface area contributed by atoms with Crippen LogP contribution in [0.2, 0.25) is 0 Å². The normalized spacial score (nSPS) is 20.2. The lowest BCUT2D eigenvalue weighted by Gasteiger charge is -2.38. The molecule has 2 aliphatic heterocycles. The molecule has 0 spiro atoms. The Morgan fingerprint density at radius 3 is 2.59 bits per heavy atom. The summed E-state index contributed by atoms with van der Waals surface area (Å²) in [5.74, 6) is 2.20. The van der Waals surface area contributed by atoms with E-state index >= 15 is 0 Å². The Hall–Kier alpha value is -2.71. The molecule has 0 bridgehead atoms. The maximum Gasteiger partial charge on any atom is 0.290 e. The van der Waals surface area contributed by atoms with Gasteiger partial charge in [0.15, 0.2) is 0 Å². The number of carbonyl (C=O) groups is 2. The summed E-state index contributed by atoms with van der Waals surface area (Å²) in [7, 11) is 0. The molecule has 2 heterocycles. The van der Waals surface area contributed by atoms with Crippen molar-refractivity contribution in [2.75, 3.05) is 13.2 Å². The highest BCUT2D eigenvalue weighted by atomic mass is 79.9. The molecule has 196 valence electrons. The van der Waals surface area contributed by atoms with Gasteiger partial charge in [0.1, 0.15) is 36.1 Å². The average Bonchev–Trinajstić information content (AvgIpc) is 3.17. The first-order valence-electron chi connectivity index (χ1n) is 12.4. The standard InChI is InChI=1S/C29H32BrNO5S/c1-6-7-8-13-34-25-17(2)18(3)26-21(19(25)4)11-12-29(5,36-26)16-35-23-10-9-20(14-22(23)30)15-24-27(32)31-28(33)37-24/h7-10,14-15H,6,11-13,16H2,1-5H3,(H,31,32,33)/b8-7+,24-15+. The molecule has 0 saturated carbocycles. The van der Waals surface area contributed by atoms with Gasteiger partial charge in [-0.3, -0.25) is 14.9 Å². The summed E-state index contributed by atoms with van der Waals surface area (Å²) in [4.78, 5) is 23.6. The third kappa shape index (κ3) is 6.07. The lowest BCUT2D eigenvalue weighted by Crippen LogP contribution is -2.42. The van der Waals surface area contributed by atoms with E-state index in [0.717, 1.165) is 69.2 Å². The molecule has 1 N–H and O–H groups in total. The van der Waals surface area contributed by atoms with Gasteiger partial charge in [-0.15, -0.1) is 0 Å². The van der Waals surface area contributed by atoms with Crippen molar-refractivity contribution in [3.8, 4) is 17.2 Å². The lowest BCUT2D eigenvalue weighted by atomic mass is 9.87. The molecular weight excluding hydrogens is 554 g/mol. The van der Waals surface area contributed by atoms with Crippen LogP contribution in [-0.2, 0) is 11.2 Å². The third-order valence-electron chi connectivity index (χ3n) is 6.72. The van der Waals surface area contributed by atoms with Crippen molar-refractivity contribution in [1.82, 2.24) is 5.32 Å². The molecule has 1 atom stereocenters. The number of fused-ring (bicyclic) bond motifs is 1. The summed E-state index contributed by atoms with van der Waals surface area (Å²) >= 11 is 4.47. The van der Waals surface area contributed by atoms with Crippen LogP contribution in [0.4, 0.5) is 4.79 Å². The summed E-state index contributed by atoms with van der Waals surface area (Å²) in [6.45, 7) is 11.4. The van der Waals surface area contributed by atoms with E-state index in [0.29, 0.717) is 23.9 Å². The number of thioether (sulfide) groups is 1. The minimum absolute atomic E-state index is 0.355. The van der Waals surface area contributed by atoms with Gasteiger partial charge in [0.2, 0.25) is 0 Å². The van der Waals surface area contributed by atoms with Gasteiger partial charge in [-0.05, 0) is 115 Å². The summed E-state index contributed by atoms with van der Waals surface area (Å²) < 4.78 is 19.7. The maximum atomic E-state index is 11.8. The molecule has 0 aliphatic carbocycles. The largest absolute Gasteiger partial charge is 0.489 e. The van der Waals surface area contributed by atoms with Crippen molar-refractivity contribution >= 4 is 44.9 Å². The van der Waals surface area contributed by atoms with Gasteiger partial charge < -0.3 is 14.2 Å². The molecule has 2 aliphatic rings. The van der Waals surface area contributed by atoms with Gasteiger partial charge in [-0.25, -0.2) is 0 Å². The molecule has 1 fully saturated rings. The van der Waals surface area contributed by atoms with Crippen molar-refractivity contribution in [3.63, 3.8) is 0 Å². The topological polar surface area (TPSA) is 73.9 Å². The maximum absolute atomic E-state index is 11.8. The number of hydrogen-bond acceptors (Lipinski definition) is 6. The van der Waals surface area contributed by atoms with E-state index in [2.05, 4.69) is 68.0 Å². The first kappa shape index (κ1) is 27.3. The molecule has 0 aromatic heterocycles. The van der Waals surface area contributed by atoms with E-state index in [4.69, 9.17) is 14.2 Å². The number of halogens is 1. The van der Waals surface area contributed by atoms with Crippen LogP contribution in [0.5, 0.6) is 17.2 Å². The Balaban J connectivity index is 1.47. The summed E-state index contributed by atoms with van der Waals surface area (Å²) in [6, 6.07) is 5.58. The van der Waals surface area contributed by atoms with Crippen LogP contribution < -0.4 is 19.5 Å². The fourth-order valence-corrected chi connectivity index (χ4v) is 5.69.